The van der Waals surface area contributed by atoms with E-state index in [-0.39, 0.29) is 11.5 Å². The SMILES string of the molecule is C[C@H](Nc1ncc(Cl)c(Nc2cc(C(C)(C)C)[nH]n2)n1)c1ccccc1. The summed E-state index contributed by atoms with van der Waals surface area (Å²) in [6, 6.07) is 12.2. The molecule has 2 heterocycles. The Kier molecular flexibility index (Phi) is 5.13. The predicted octanol–water partition coefficient (Wildman–Crippen LogP) is 5.07. The van der Waals surface area contributed by atoms with Gasteiger partial charge in [-0.2, -0.15) is 10.1 Å². The van der Waals surface area contributed by atoms with Gasteiger partial charge in [-0.25, -0.2) is 4.98 Å². The van der Waals surface area contributed by atoms with E-state index in [1.165, 1.54) is 0 Å². The van der Waals surface area contributed by atoms with Gasteiger partial charge in [0.25, 0.3) is 0 Å². The van der Waals surface area contributed by atoms with Gasteiger partial charge in [0.1, 0.15) is 5.02 Å². The maximum absolute atomic E-state index is 6.24. The summed E-state index contributed by atoms with van der Waals surface area (Å²) in [5.74, 6) is 1.67. The number of benzene rings is 1. The summed E-state index contributed by atoms with van der Waals surface area (Å²) in [6.07, 6.45) is 1.58. The molecule has 0 spiro atoms. The molecule has 0 fully saturated rings. The summed E-state index contributed by atoms with van der Waals surface area (Å²) in [4.78, 5) is 8.75. The van der Waals surface area contributed by atoms with Crippen LogP contribution in [0.1, 0.15) is 45.0 Å². The van der Waals surface area contributed by atoms with Crippen LogP contribution in [0.3, 0.4) is 0 Å². The quantitative estimate of drug-likeness (QED) is 0.584. The Morgan fingerprint density at radius 2 is 1.88 bits per heavy atom. The molecular weight excluding hydrogens is 348 g/mol. The fourth-order valence-corrected chi connectivity index (χ4v) is 2.57. The van der Waals surface area contributed by atoms with Crippen LogP contribution in [-0.4, -0.2) is 20.2 Å². The molecule has 3 N–H and O–H groups in total. The maximum Gasteiger partial charge on any atom is 0.225 e. The van der Waals surface area contributed by atoms with Crippen LogP contribution in [0, 0.1) is 0 Å². The van der Waals surface area contributed by atoms with Crippen molar-refractivity contribution in [1.29, 1.82) is 0 Å². The molecule has 3 aromatic rings. The predicted molar refractivity (Wildman–Crippen MR) is 106 cm³/mol. The van der Waals surface area contributed by atoms with E-state index in [9.17, 15) is 0 Å². The Labute approximate surface area is 158 Å². The van der Waals surface area contributed by atoms with Gasteiger partial charge in [0.2, 0.25) is 5.95 Å². The zero-order valence-electron chi connectivity index (χ0n) is 15.3. The number of rotatable bonds is 5. The molecule has 0 amide bonds. The van der Waals surface area contributed by atoms with E-state index in [4.69, 9.17) is 11.6 Å². The average molecular weight is 371 g/mol. The molecule has 0 aliphatic heterocycles. The van der Waals surface area contributed by atoms with Crippen LogP contribution in [0.4, 0.5) is 17.6 Å². The molecule has 0 aliphatic carbocycles. The van der Waals surface area contributed by atoms with E-state index < -0.39 is 0 Å². The number of hydrogen-bond donors (Lipinski definition) is 3. The van der Waals surface area contributed by atoms with Crippen LogP contribution in [0.15, 0.2) is 42.6 Å². The Morgan fingerprint density at radius 1 is 1.15 bits per heavy atom. The van der Waals surface area contributed by atoms with Gasteiger partial charge in [0.15, 0.2) is 11.6 Å². The molecule has 6 nitrogen and oxygen atoms in total. The molecule has 0 saturated carbocycles. The smallest absolute Gasteiger partial charge is 0.225 e. The van der Waals surface area contributed by atoms with Gasteiger partial charge in [0, 0.05) is 17.2 Å². The standard InChI is InChI=1S/C19H23ClN6/c1-12(13-8-6-5-7-9-13)22-18-21-11-14(20)17(24-18)23-16-10-15(25-26-16)19(2,3)4/h5-12H,1-4H3,(H3,21,22,23,24,25,26)/t12-/m0/s1. The third-order valence-electron chi connectivity index (χ3n) is 4.02. The molecule has 0 unspecified atom stereocenters. The average Bonchev–Trinajstić information content (AvgIpc) is 3.07. The first kappa shape index (κ1) is 18.2. The number of aromatic amines is 1. The highest BCUT2D eigenvalue weighted by atomic mass is 35.5. The van der Waals surface area contributed by atoms with Crippen molar-refractivity contribution >= 4 is 29.2 Å². The fourth-order valence-electron chi connectivity index (χ4n) is 2.43. The Hall–Kier alpha value is -2.60. The summed E-state index contributed by atoms with van der Waals surface area (Å²) in [5, 5.41) is 14.2. The van der Waals surface area contributed by atoms with Crippen molar-refractivity contribution in [3.8, 4) is 0 Å². The minimum Gasteiger partial charge on any atom is -0.348 e. The molecule has 136 valence electrons. The molecule has 1 aromatic carbocycles. The van der Waals surface area contributed by atoms with Crippen LogP contribution in [0.2, 0.25) is 5.02 Å². The molecule has 2 aromatic heterocycles. The normalized spacial score (nSPS) is 12.7. The van der Waals surface area contributed by atoms with Gasteiger partial charge in [-0.3, -0.25) is 5.10 Å². The Bertz CT molecular complexity index is 869. The van der Waals surface area contributed by atoms with Crippen molar-refractivity contribution in [2.75, 3.05) is 10.6 Å². The lowest BCUT2D eigenvalue weighted by Gasteiger charge is -2.15. The van der Waals surface area contributed by atoms with Crippen LogP contribution >= 0.6 is 11.6 Å². The number of anilines is 3. The zero-order valence-corrected chi connectivity index (χ0v) is 16.1. The maximum atomic E-state index is 6.24. The van der Waals surface area contributed by atoms with Crippen molar-refractivity contribution in [1.82, 2.24) is 20.2 Å². The number of nitrogens with zero attached hydrogens (tertiary/aromatic N) is 3. The fraction of sp³-hybridized carbons (Fsp3) is 0.316. The first-order chi connectivity index (χ1) is 12.3. The molecule has 0 radical (unpaired) electrons. The molecule has 0 bridgehead atoms. The van der Waals surface area contributed by atoms with E-state index in [2.05, 4.69) is 70.6 Å². The monoisotopic (exact) mass is 370 g/mol. The van der Waals surface area contributed by atoms with Crippen LogP contribution in [-0.2, 0) is 5.41 Å². The minimum absolute atomic E-state index is 0.0137. The first-order valence-corrected chi connectivity index (χ1v) is 8.87. The van der Waals surface area contributed by atoms with Crippen LogP contribution < -0.4 is 10.6 Å². The lowest BCUT2D eigenvalue weighted by molar-refractivity contribution is 0.567. The lowest BCUT2D eigenvalue weighted by atomic mass is 9.92. The molecule has 7 heteroatoms. The summed E-state index contributed by atoms with van der Waals surface area (Å²) in [5.41, 5.74) is 2.17. The minimum atomic E-state index is -0.0137. The van der Waals surface area contributed by atoms with Gasteiger partial charge in [-0.1, -0.05) is 62.7 Å². The highest BCUT2D eigenvalue weighted by molar-refractivity contribution is 6.32. The van der Waals surface area contributed by atoms with Crippen LogP contribution in [0.25, 0.3) is 0 Å². The third kappa shape index (κ3) is 4.32. The van der Waals surface area contributed by atoms with E-state index in [1.807, 2.05) is 24.3 Å². The number of hydrogen-bond acceptors (Lipinski definition) is 5. The van der Waals surface area contributed by atoms with Gasteiger partial charge in [-0.05, 0) is 12.5 Å². The van der Waals surface area contributed by atoms with Crippen molar-refractivity contribution in [3.63, 3.8) is 0 Å². The van der Waals surface area contributed by atoms with Crippen LogP contribution in [0.5, 0.6) is 0 Å². The van der Waals surface area contributed by atoms with Gasteiger partial charge < -0.3 is 10.6 Å². The summed E-state index contributed by atoms with van der Waals surface area (Å²) < 4.78 is 0. The molecular formula is C19H23ClN6. The number of halogens is 1. The largest absolute Gasteiger partial charge is 0.348 e. The molecule has 0 saturated heterocycles. The van der Waals surface area contributed by atoms with E-state index >= 15 is 0 Å². The summed E-state index contributed by atoms with van der Waals surface area (Å²) in [6.45, 7) is 8.42. The van der Waals surface area contributed by atoms with Gasteiger partial charge >= 0.3 is 0 Å². The van der Waals surface area contributed by atoms with Crippen molar-refractivity contribution in [2.24, 2.45) is 0 Å². The van der Waals surface area contributed by atoms with E-state index in [0.717, 1.165) is 11.3 Å². The highest BCUT2D eigenvalue weighted by Crippen LogP contribution is 2.27. The Balaban J connectivity index is 1.76. The Morgan fingerprint density at radius 3 is 2.54 bits per heavy atom. The zero-order chi connectivity index (χ0) is 18.7. The summed E-state index contributed by atoms with van der Waals surface area (Å²) in [7, 11) is 0. The first-order valence-electron chi connectivity index (χ1n) is 8.50. The second-order valence-corrected chi connectivity index (χ2v) is 7.62. The molecule has 26 heavy (non-hydrogen) atoms. The molecule has 1 atom stereocenters. The topological polar surface area (TPSA) is 78.5 Å². The van der Waals surface area contributed by atoms with E-state index in [0.29, 0.717) is 22.6 Å². The molecule has 0 aliphatic rings. The third-order valence-corrected chi connectivity index (χ3v) is 4.30. The summed E-state index contributed by atoms with van der Waals surface area (Å²) >= 11 is 6.24. The van der Waals surface area contributed by atoms with Gasteiger partial charge in [-0.15, -0.1) is 0 Å². The number of nitrogens with one attached hydrogen (secondary N) is 3. The van der Waals surface area contributed by atoms with Crippen molar-refractivity contribution in [2.45, 2.75) is 39.2 Å². The lowest BCUT2D eigenvalue weighted by Crippen LogP contribution is -2.11. The van der Waals surface area contributed by atoms with Crippen molar-refractivity contribution in [3.05, 3.63) is 58.9 Å². The number of H-pyrrole nitrogens is 1. The van der Waals surface area contributed by atoms with Crippen molar-refractivity contribution < 1.29 is 0 Å². The number of aromatic nitrogens is 4. The second kappa shape index (κ2) is 7.33. The van der Waals surface area contributed by atoms with E-state index in [1.54, 1.807) is 6.20 Å². The highest BCUT2D eigenvalue weighted by Gasteiger charge is 2.17. The molecule has 3 rings (SSSR count). The van der Waals surface area contributed by atoms with Gasteiger partial charge in [0.05, 0.1) is 12.2 Å². The second-order valence-electron chi connectivity index (χ2n) is 7.21.